The summed E-state index contributed by atoms with van der Waals surface area (Å²) in [5.74, 6) is -1.15. The second-order valence-electron chi connectivity index (χ2n) is 10.7. The normalized spacial score (nSPS) is 17.9. The van der Waals surface area contributed by atoms with Crippen molar-refractivity contribution in [2.75, 3.05) is 14.2 Å². The van der Waals surface area contributed by atoms with E-state index in [1.807, 2.05) is 27.7 Å². The molecule has 3 rings (SSSR count). The number of hydrogen-bond donors (Lipinski definition) is 3. The molecule has 11 heteroatoms. The van der Waals surface area contributed by atoms with Gasteiger partial charge in [0.1, 0.15) is 22.9 Å². The summed E-state index contributed by atoms with van der Waals surface area (Å²) in [6, 6.07) is 8.83. The van der Waals surface area contributed by atoms with Crippen molar-refractivity contribution in [3.63, 3.8) is 0 Å². The highest BCUT2D eigenvalue weighted by molar-refractivity contribution is 6.35. The summed E-state index contributed by atoms with van der Waals surface area (Å²) in [4.78, 5) is 36.2. The molecule has 0 saturated heterocycles. The van der Waals surface area contributed by atoms with Gasteiger partial charge in [-0.3, -0.25) is 9.59 Å². The lowest BCUT2D eigenvalue weighted by atomic mass is 9.86. The van der Waals surface area contributed by atoms with Crippen LogP contribution in [0.4, 0.5) is 4.39 Å². The van der Waals surface area contributed by atoms with Crippen LogP contribution in [-0.2, 0) is 25.5 Å². The van der Waals surface area contributed by atoms with Gasteiger partial charge in [0.2, 0.25) is 5.91 Å². The third kappa shape index (κ3) is 7.51. The number of esters is 1. The SMILES string of the molecule is COC(=O)C(C)(NC(=O)Cc1ccc(F)cc1Cl)C(C)C.COc1ccc(C2=C(O)C(C)(C(C)C)NC2=O)c(Cl)c1. The zero-order chi connectivity index (χ0) is 31.3. The summed E-state index contributed by atoms with van der Waals surface area (Å²) in [7, 11) is 2.81. The molecular weight excluding hydrogens is 574 g/mol. The molecule has 8 nitrogen and oxygen atoms in total. The lowest BCUT2D eigenvalue weighted by Crippen LogP contribution is -2.56. The van der Waals surface area contributed by atoms with E-state index < -0.39 is 22.9 Å². The number of benzene rings is 2. The Morgan fingerprint density at radius 1 is 1.10 bits per heavy atom. The van der Waals surface area contributed by atoms with Gasteiger partial charge < -0.3 is 25.2 Å². The Labute approximate surface area is 250 Å². The minimum absolute atomic E-state index is 0.0320. The third-order valence-electron chi connectivity index (χ3n) is 7.46. The molecule has 0 bridgehead atoms. The topological polar surface area (TPSA) is 114 Å². The van der Waals surface area contributed by atoms with Gasteiger partial charge in [0.25, 0.3) is 5.91 Å². The summed E-state index contributed by atoms with van der Waals surface area (Å²) < 4.78 is 22.8. The fourth-order valence-corrected chi connectivity index (χ4v) is 4.53. The number of amides is 2. The number of ether oxygens (including phenoxy) is 2. The number of hydrogen-bond acceptors (Lipinski definition) is 6. The molecule has 41 heavy (non-hydrogen) atoms. The van der Waals surface area contributed by atoms with E-state index in [2.05, 4.69) is 10.6 Å². The standard InChI is InChI=1S/C15H19ClFNO3.C15H18ClNO3/c1-9(2)15(3,14(20)21-4)18-13(19)7-10-5-6-11(17)8-12(10)16;1-8(2)15(3)13(18)12(14(19)17-15)10-6-5-9(20-4)7-11(10)16/h5-6,8-9H,7H2,1-4H3,(H,18,19);5-8,18H,1-4H3,(H,17,19). The van der Waals surface area contributed by atoms with Crippen LogP contribution in [0, 0.1) is 17.7 Å². The fourth-order valence-electron chi connectivity index (χ4n) is 4.03. The highest BCUT2D eigenvalue weighted by Crippen LogP contribution is 2.39. The molecule has 0 aromatic heterocycles. The number of rotatable bonds is 8. The molecule has 3 N–H and O–H groups in total. The Kier molecular flexibility index (Phi) is 11.2. The van der Waals surface area contributed by atoms with E-state index in [-0.39, 0.29) is 46.4 Å². The van der Waals surface area contributed by atoms with Gasteiger partial charge in [-0.15, -0.1) is 0 Å². The molecule has 1 aliphatic heterocycles. The predicted octanol–water partition coefficient (Wildman–Crippen LogP) is 5.89. The second-order valence-corrected chi connectivity index (χ2v) is 11.5. The predicted molar refractivity (Wildman–Crippen MR) is 157 cm³/mol. The maximum Gasteiger partial charge on any atom is 0.331 e. The third-order valence-corrected chi connectivity index (χ3v) is 8.12. The van der Waals surface area contributed by atoms with Crippen LogP contribution in [0.25, 0.3) is 5.57 Å². The Morgan fingerprint density at radius 3 is 2.20 bits per heavy atom. The zero-order valence-electron chi connectivity index (χ0n) is 24.4. The van der Waals surface area contributed by atoms with Crippen LogP contribution in [0.1, 0.15) is 52.7 Å². The minimum atomic E-state index is -1.13. The summed E-state index contributed by atoms with van der Waals surface area (Å²) in [6.45, 7) is 10.9. The van der Waals surface area contributed by atoms with Gasteiger partial charge in [-0.25, -0.2) is 9.18 Å². The van der Waals surface area contributed by atoms with E-state index in [4.69, 9.17) is 32.7 Å². The zero-order valence-corrected chi connectivity index (χ0v) is 26.0. The molecule has 0 fully saturated rings. The number of halogens is 3. The van der Waals surface area contributed by atoms with Crippen molar-refractivity contribution in [2.45, 2.75) is 59.0 Å². The van der Waals surface area contributed by atoms with Crippen LogP contribution in [0.5, 0.6) is 5.75 Å². The number of nitrogens with one attached hydrogen (secondary N) is 2. The van der Waals surface area contributed by atoms with Crippen molar-refractivity contribution >= 4 is 46.6 Å². The summed E-state index contributed by atoms with van der Waals surface area (Å²) in [5, 5.41) is 16.5. The number of carbonyl (C=O) groups excluding carboxylic acids is 3. The highest BCUT2D eigenvalue weighted by atomic mass is 35.5. The van der Waals surface area contributed by atoms with E-state index in [0.717, 1.165) is 6.07 Å². The molecule has 2 amide bonds. The van der Waals surface area contributed by atoms with Crippen LogP contribution in [0.3, 0.4) is 0 Å². The van der Waals surface area contributed by atoms with Crippen molar-refractivity contribution in [1.29, 1.82) is 0 Å². The number of methoxy groups -OCH3 is 2. The van der Waals surface area contributed by atoms with Crippen molar-refractivity contribution in [3.05, 3.63) is 69.1 Å². The van der Waals surface area contributed by atoms with E-state index in [9.17, 15) is 23.9 Å². The molecule has 0 radical (unpaired) electrons. The molecule has 0 spiro atoms. The molecular formula is C30H37Cl2FN2O6. The Balaban J connectivity index is 0.000000287. The van der Waals surface area contributed by atoms with Crippen molar-refractivity contribution in [1.82, 2.24) is 10.6 Å². The second kappa shape index (κ2) is 13.6. The first-order valence-electron chi connectivity index (χ1n) is 12.9. The number of carbonyl (C=O) groups is 3. The van der Waals surface area contributed by atoms with Gasteiger partial charge in [-0.05, 0) is 61.6 Å². The lowest BCUT2D eigenvalue weighted by Gasteiger charge is -2.31. The van der Waals surface area contributed by atoms with Gasteiger partial charge in [-0.1, -0.05) is 57.0 Å². The average Bonchev–Trinajstić information content (AvgIpc) is 3.13. The quantitative estimate of drug-likeness (QED) is 0.321. The molecule has 2 aromatic carbocycles. The van der Waals surface area contributed by atoms with Crippen LogP contribution < -0.4 is 15.4 Å². The number of aliphatic hydroxyl groups excluding tert-OH is 1. The molecule has 0 saturated carbocycles. The van der Waals surface area contributed by atoms with Gasteiger partial charge in [0, 0.05) is 10.6 Å². The Bertz CT molecular complexity index is 1350. The summed E-state index contributed by atoms with van der Waals surface area (Å²) >= 11 is 12.1. The van der Waals surface area contributed by atoms with Gasteiger partial charge in [0.15, 0.2) is 0 Å². The van der Waals surface area contributed by atoms with Crippen LogP contribution in [0.2, 0.25) is 10.0 Å². The molecule has 2 aromatic rings. The van der Waals surface area contributed by atoms with Gasteiger partial charge in [-0.2, -0.15) is 0 Å². The van der Waals surface area contributed by atoms with Gasteiger partial charge in [0.05, 0.1) is 36.8 Å². The molecule has 224 valence electrons. The molecule has 2 atom stereocenters. The Hall–Kier alpha value is -3.30. The van der Waals surface area contributed by atoms with Crippen molar-refractivity contribution in [2.24, 2.45) is 11.8 Å². The maximum absolute atomic E-state index is 13.0. The molecule has 2 unspecified atom stereocenters. The summed E-state index contributed by atoms with van der Waals surface area (Å²) in [5.41, 5.74) is -0.666. The van der Waals surface area contributed by atoms with Crippen LogP contribution in [0.15, 0.2) is 42.2 Å². The van der Waals surface area contributed by atoms with E-state index >= 15 is 0 Å². The van der Waals surface area contributed by atoms with E-state index in [0.29, 0.717) is 21.9 Å². The van der Waals surface area contributed by atoms with Crippen LogP contribution in [-0.4, -0.2) is 48.2 Å². The minimum Gasteiger partial charge on any atom is -0.509 e. The highest BCUT2D eigenvalue weighted by Gasteiger charge is 2.45. The first-order chi connectivity index (χ1) is 19.0. The van der Waals surface area contributed by atoms with Crippen molar-refractivity contribution < 1.29 is 33.4 Å². The maximum atomic E-state index is 13.0. The number of aliphatic hydroxyl groups is 1. The first kappa shape index (κ1) is 33.9. The average molecular weight is 612 g/mol. The molecule has 1 aliphatic rings. The first-order valence-corrected chi connectivity index (χ1v) is 13.7. The van der Waals surface area contributed by atoms with E-state index in [1.54, 1.807) is 39.2 Å². The summed E-state index contributed by atoms with van der Waals surface area (Å²) in [6.07, 6.45) is -0.0432. The lowest BCUT2D eigenvalue weighted by molar-refractivity contribution is -0.152. The molecule has 0 aliphatic carbocycles. The largest absolute Gasteiger partial charge is 0.509 e. The van der Waals surface area contributed by atoms with E-state index in [1.165, 1.54) is 19.2 Å². The Morgan fingerprint density at radius 2 is 1.73 bits per heavy atom. The monoisotopic (exact) mass is 610 g/mol. The van der Waals surface area contributed by atoms with Crippen LogP contribution >= 0.6 is 23.2 Å². The fraction of sp³-hybridized carbons (Fsp3) is 0.433. The molecule has 1 heterocycles. The smallest absolute Gasteiger partial charge is 0.331 e. The van der Waals surface area contributed by atoms with Crippen molar-refractivity contribution in [3.8, 4) is 5.75 Å². The van der Waals surface area contributed by atoms with Gasteiger partial charge >= 0.3 is 5.97 Å².